The summed E-state index contributed by atoms with van der Waals surface area (Å²) in [5, 5.41) is 17.5. The van der Waals surface area contributed by atoms with Gasteiger partial charge in [0.15, 0.2) is 0 Å². The van der Waals surface area contributed by atoms with Crippen molar-refractivity contribution in [2.75, 3.05) is 7.11 Å². The number of hydrogen-bond donors (Lipinski definition) is 2. The molecule has 0 aliphatic carbocycles. The lowest BCUT2D eigenvalue weighted by Gasteiger charge is -2.09. The van der Waals surface area contributed by atoms with E-state index in [1.807, 2.05) is 0 Å². The molecule has 0 aliphatic heterocycles. The highest BCUT2D eigenvalue weighted by atomic mass is 16.5. The van der Waals surface area contributed by atoms with E-state index < -0.39 is 24.3 Å². The summed E-state index contributed by atoms with van der Waals surface area (Å²) in [6.07, 6.45) is 0.837. The number of rotatable bonds is 5. The smallest absolute Gasteiger partial charge is 0.311 e. The maximum absolute atomic E-state index is 10.9. The minimum atomic E-state index is -1.19. The highest BCUT2D eigenvalue weighted by Crippen LogP contribution is 2.20. The van der Waals surface area contributed by atoms with E-state index in [9.17, 15) is 9.59 Å². The number of pyridine rings is 1. The van der Waals surface area contributed by atoms with Crippen molar-refractivity contribution >= 4 is 11.9 Å². The molecule has 1 rings (SSSR count). The monoisotopic (exact) mass is 225 g/mol. The number of nitrogens with zero attached hydrogens (tertiary/aromatic N) is 1. The predicted octanol–water partition coefficient (Wildman–Crippen LogP) is 0.733. The van der Waals surface area contributed by atoms with Crippen LogP contribution in [0, 0.1) is 0 Å². The summed E-state index contributed by atoms with van der Waals surface area (Å²) in [5.74, 6) is -3.09. The van der Waals surface area contributed by atoms with Gasteiger partial charge in [-0.15, -0.1) is 0 Å². The summed E-state index contributed by atoms with van der Waals surface area (Å²) in [6, 6.07) is 2.99. The molecule has 1 aromatic heterocycles. The molecule has 1 heterocycles. The van der Waals surface area contributed by atoms with Crippen LogP contribution < -0.4 is 4.74 Å². The zero-order chi connectivity index (χ0) is 12.1. The van der Waals surface area contributed by atoms with Crippen LogP contribution in [0.4, 0.5) is 0 Å². The summed E-state index contributed by atoms with van der Waals surface area (Å²) >= 11 is 0. The van der Waals surface area contributed by atoms with E-state index in [1.54, 1.807) is 0 Å². The second-order valence-corrected chi connectivity index (χ2v) is 3.12. The van der Waals surface area contributed by atoms with Crippen LogP contribution in [0.3, 0.4) is 0 Å². The van der Waals surface area contributed by atoms with Crippen LogP contribution in [0.25, 0.3) is 0 Å². The number of aromatic nitrogens is 1. The number of carboxylic acids is 2. The van der Waals surface area contributed by atoms with E-state index in [0.29, 0.717) is 11.4 Å². The number of hydrogen-bond acceptors (Lipinski definition) is 4. The fraction of sp³-hybridized carbons (Fsp3) is 0.300. The summed E-state index contributed by atoms with van der Waals surface area (Å²) < 4.78 is 4.82. The third-order valence-corrected chi connectivity index (χ3v) is 2.05. The van der Waals surface area contributed by atoms with E-state index in [-0.39, 0.29) is 0 Å². The first-order valence-corrected chi connectivity index (χ1v) is 4.49. The van der Waals surface area contributed by atoms with Gasteiger partial charge in [0.2, 0.25) is 5.88 Å². The average molecular weight is 225 g/mol. The Balaban J connectivity index is 2.92. The van der Waals surface area contributed by atoms with Gasteiger partial charge in [0.05, 0.1) is 19.4 Å². The lowest BCUT2D eigenvalue weighted by atomic mass is 9.98. The number of aliphatic carboxylic acids is 2. The first-order chi connectivity index (χ1) is 7.54. The molecule has 0 saturated carbocycles. The highest BCUT2D eigenvalue weighted by Gasteiger charge is 2.23. The van der Waals surface area contributed by atoms with Crippen LogP contribution in [-0.4, -0.2) is 34.2 Å². The van der Waals surface area contributed by atoms with Gasteiger partial charge in [0, 0.05) is 12.3 Å². The molecule has 0 aromatic carbocycles. The van der Waals surface area contributed by atoms with Crippen molar-refractivity contribution in [3.63, 3.8) is 0 Å². The molecule has 1 atom stereocenters. The quantitative estimate of drug-likeness (QED) is 0.766. The topological polar surface area (TPSA) is 96.7 Å². The first-order valence-electron chi connectivity index (χ1n) is 4.49. The molecule has 0 radical (unpaired) electrons. The van der Waals surface area contributed by atoms with E-state index >= 15 is 0 Å². The molecule has 6 nitrogen and oxygen atoms in total. The Morgan fingerprint density at radius 1 is 1.44 bits per heavy atom. The Kier molecular flexibility index (Phi) is 3.82. The molecule has 0 bridgehead atoms. The van der Waals surface area contributed by atoms with Crippen molar-refractivity contribution in [1.29, 1.82) is 0 Å². The minimum absolute atomic E-state index is 0.343. The average Bonchev–Trinajstić information content (AvgIpc) is 2.25. The van der Waals surface area contributed by atoms with Gasteiger partial charge >= 0.3 is 11.9 Å². The zero-order valence-corrected chi connectivity index (χ0v) is 8.58. The number of ether oxygens (including phenoxy) is 1. The fourth-order valence-corrected chi connectivity index (χ4v) is 1.24. The third-order valence-electron chi connectivity index (χ3n) is 2.05. The Morgan fingerprint density at radius 2 is 2.12 bits per heavy atom. The molecule has 0 spiro atoms. The maximum Gasteiger partial charge on any atom is 0.311 e. The van der Waals surface area contributed by atoms with Crippen molar-refractivity contribution in [2.45, 2.75) is 12.3 Å². The lowest BCUT2D eigenvalue weighted by Crippen LogP contribution is -2.16. The van der Waals surface area contributed by atoms with Gasteiger partial charge in [-0.1, -0.05) is 6.07 Å². The Morgan fingerprint density at radius 3 is 2.50 bits per heavy atom. The molecule has 1 aromatic rings. The van der Waals surface area contributed by atoms with Gasteiger partial charge in [0.25, 0.3) is 0 Å². The van der Waals surface area contributed by atoms with Crippen LogP contribution in [0.5, 0.6) is 5.88 Å². The molecular weight excluding hydrogens is 214 g/mol. The van der Waals surface area contributed by atoms with Gasteiger partial charge in [0.1, 0.15) is 0 Å². The minimum Gasteiger partial charge on any atom is -0.481 e. The van der Waals surface area contributed by atoms with Gasteiger partial charge < -0.3 is 14.9 Å². The maximum atomic E-state index is 10.9. The second-order valence-electron chi connectivity index (χ2n) is 3.12. The van der Waals surface area contributed by atoms with Crippen LogP contribution in [-0.2, 0) is 9.59 Å². The SMILES string of the molecule is COc1ccc(C(CC(=O)O)C(=O)O)cn1. The Hall–Kier alpha value is -2.11. The number of carbonyl (C=O) groups is 2. The van der Waals surface area contributed by atoms with Crippen molar-refractivity contribution in [3.8, 4) is 5.88 Å². The van der Waals surface area contributed by atoms with Gasteiger partial charge in [-0.05, 0) is 5.56 Å². The normalized spacial score (nSPS) is 11.8. The molecule has 0 amide bonds. The number of carboxylic acid groups (broad SMARTS) is 2. The molecule has 6 heteroatoms. The highest BCUT2D eigenvalue weighted by molar-refractivity contribution is 5.82. The van der Waals surface area contributed by atoms with Crippen molar-refractivity contribution < 1.29 is 24.5 Å². The molecule has 0 fully saturated rings. The van der Waals surface area contributed by atoms with Crippen LogP contribution >= 0.6 is 0 Å². The zero-order valence-electron chi connectivity index (χ0n) is 8.58. The summed E-state index contributed by atoms with van der Waals surface area (Å²) in [6.45, 7) is 0. The second kappa shape index (κ2) is 5.11. The summed E-state index contributed by atoms with van der Waals surface area (Å²) in [4.78, 5) is 25.2. The fourth-order valence-electron chi connectivity index (χ4n) is 1.24. The van der Waals surface area contributed by atoms with Gasteiger partial charge in [-0.3, -0.25) is 9.59 Å². The molecule has 2 N–H and O–H groups in total. The molecule has 86 valence electrons. The largest absolute Gasteiger partial charge is 0.481 e. The molecular formula is C10H11NO5. The van der Waals surface area contributed by atoms with Gasteiger partial charge in [-0.25, -0.2) is 4.98 Å². The molecule has 0 saturated heterocycles. The van der Waals surface area contributed by atoms with E-state index in [2.05, 4.69) is 4.98 Å². The lowest BCUT2D eigenvalue weighted by molar-refractivity contribution is -0.145. The summed E-state index contributed by atoms with van der Waals surface area (Å²) in [5.41, 5.74) is 0.343. The van der Waals surface area contributed by atoms with E-state index in [1.165, 1.54) is 25.4 Å². The van der Waals surface area contributed by atoms with Crippen molar-refractivity contribution in [1.82, 2.24) is 4.98 Å². The molecule has 16 heavy (non-hydrogen) atoms. The van der Waals surface area contributed by atoms with Crippen LogP contribution in [0.2, 0.25) is 0 Å². The molecule has 1 unspecified atom stereocenters. The van der Waals surface area contributed by atoms with E-state index in [4.69, 9.17) is 14.9 Å². The summed E-state index contributed by atoms with van der Waals surface area (Å²) in [7, 11) is 1.44. The van der Waals surface area contributed by atoms with E-state index in [0.717, 1.165) is 0 Å². The Labute approximate surface area is 91.5 Å². The third kappa shape index (κ3) is 2.94. The number of methoxy groups -OCH3 is 1. The predicted molar refractivity (Wildman–Crippen MR) is 53.4 cm³/mol. The standard InChI is InChI=1S/C10H11NO5/c1-16-8-3-2-6(5-11-8)7(10(14)15)4-9(12)13/h2-3,5,7H,4H2,1H3,(H,12,13)(H,14,15). The first kappa shape index (κ1) is 12.0. The molecule has 0 aliphatic rings. The van der Waals surface area contributed by atoms with Crippen molar-refractivity contribution in [2.24, 2.45) is 0 Å². The van der Waals surface area contributed by atoms with Crippen molar-refractivity contribution in [3.05, 3.63) is 23.9 Å². The Bertz CT molecular complexity index is 387. The van der Waals surface area contributed by atoms with Gasteiger partial charge in [-0.2, -0.15) is 0 Å². The van der Waals surface area contributed by atoms with Crippen LogP contribution in [0.1, 0.15) is 17.9 Å². The van der Waals surface area contributed by atoms with Crippen LogP contribution in [0.15, 0.2) is 18.3 Å².